The molecule has 5 aromatic rings. The summed E-state index contributed by atoms with van der Waals surface area (Å²) in [5.74, 6) is -6.30. The molecule has 0 spiro atoms. The Morgan fingerprint density at radius 3 is 0.860 bits per heavy atom. The molecule has 0 saturated carbocycles. The summed E-state index contributed by atoms with van der Waals surface area (Å²) in [6.07, 6.45) is 4.49. The highest BCUT2D eigenvalue weighted by Gasteiger charge is 2.30. The Morgan fingerprint density at radius 1 is 0.344 bits per heavy atom. The molecule has 0 heterocycles. The predicted molar refractivity (Wildman–Crippen MR) is 349 cm³/mol. The summed E-state index contributed by atoms with van der Waals surface area (Å²) < 4.78 is 26.6. The van der Waals surface area contributed by atoms with Gasteiger partial charge < -0.3 is 94.9 Å². The zero-order valence-corrected chi connectivity index (χ0v) is 52.9. The number of methoxy groups -OCH3 is 5. The summed E-state index contributed by atoms with van der Waals surface area (Å²) in [6, 6.07) is 18.3. The molecule has 0 fully saturated rings. The number of carbonyl (C=O) groups is 10. The van der Waals surface area contributed by atoms with Crippen molar-refractivity contribution in [1.82, 2.24) is 21.3 Å². The van der Waals surface area contributed by atoms with Crippen molar-refractivity contribution in [2.45, 2.75) is 101 Å². The second-order valence-electron chi connectivity index (χ2n) is 21.3. The molecular formula is C65H85N13O15. The van der Waals surface area contributed by atoms with Crippen molar-refractivity contribution in [2.24, 2.45) is 28.7 Å². The molecule has 0 saturated heterocycles. The van der Waals surface area contributed by atoms with Crippen LogP contribution in [0.5, 0.6) is 23.0 Å². The molecule has 18 N–H and O–H groups in total. The van der Waals surface area contributed by atoms with Gasteiger partial charge in [0.25, 0.3) is 29.5 Å². The third kappa shape index (κ3) is 22.0. The molecule has 28 heteroatoms. The van der Waals surface area contributed by atoms with Gasteiger partial charge in [0.15, 0.2) is 0 Å². The monoisotopic (exact) mass is 1290 g/mol. The number of ether oxygens (including phenoxy) is 5. The van der Waals surface area contributed by atoms with Crippen molar-refractivity contribution in [2.75, 3.05) is 83.0 Å². The number of anilines is 4. The van der Waals surface area contributed by atoms with Crippen molar-refractivity contribution >= 4 is 81.9 Å². The van der Waals surface area contributed by atoms with Gasteiger partial charge in [-0.05, 0) is 200 Å². The maximum absolute atomic E-state index is 14.4. The van der Waals surface area contributed by atoms with Crippen LogP contribution >= 0.6 is 0 Å². The lowest BCUT2D eigenvalue weighted by Gasteiger charge is -2.22. The molecule has 500 valence electrons. The van der Waals surface area contributed by atoms with Crippen LogP contribution in [-0.2, 0) is 23.9 Å². The van der Waals surface area contributed by atoms with Gasteiger partial charge >= 0.3 is 5.97 Å². The summed E-state index contributed by atoms with van der Waals surface area (Å²) in [4.78, 5) is 136. The number of amides is 9. The first kappa shape index (κ1) is 73.6. The Morgan fingerprint density at radius 2 is 0.602 bits per heavy atom. The summed E-state index contributed by atoms with van der Waals surface area (Å²) in [5.41, 5.74) is 29.5. The lowest BCUT2D eigenvalue weighted by atomic mass is 10.0. The van der Waals surface area contributed by atoms with E-state index in [9.17, 15) is 47.9 Å². The van der Waals surface area contributed by atoms with E-state index in [0.717, 1.165) is 0 Å². The number of carbonyl (C=O) groups excluding carboxylic acids is 10. The number of esters is 1. The molecular weight excluding hydrogens is 1200 g/mol. The van der Waals surface area contributed by atoms with E-state index in [0.29, 0.717) is 77.5 Å². The predicted octanol–water partition coefficient (Wildman–Crippen LogP) is 4.07. The van der Waals surface area contributed by atoms with Crippen LogP contribution in [0.25, 0.3) is 0 Å². The number of unbranched alkanes of at least 4 members (excludes halogenated alkanes) is 4. The molecule has 4 atom stereocenters. The van der Waals surface area contributed by atoms with Crippen molar-refractivity contribution in [3.05, 3.63) is 130 Å². The first-order valence-corrected chi connectivity index (χ1v) is 30.2. The maximum atomic E-state index is 14.4. The van der Waals surface area contributed by atoms with Gasteiger partial charge in [-0.2, -0.15) is 0 Å². The van der Waals surface area contributed by atoms with Crippen LogP contribution in [0.2, 0.25) is 0 Å². The molecule has 0 aliphatic rings. The van der Waals surface area contributed by atoms with E-state index in [1.165, 1.54) is 133 Å². The third-order valence-corrected chi connectivity index (χ3v) is 14.7. The van der Waals surface area contributed by atoms with E-state index in [1.54, 1.807) is 0 Å². The lowest BCUT2D eigenvalue weighted by Crippen LogP contribution is -2.44. The average Bonchev–Trinajstić information content (AvgIpc) is 1.25. The highest BCUT2D eigenvalue weighted by molar-refractivity contribution is 6.08. The Labute approximate surface area is 539 Å². The van der Waals surface area contributed by atoms with E-state index in [4.69, 9.17) is 52.4 Å². The Balaban J connectivity index is 1.33. The van der Waals surface area contributed by atoms with Gasteiger partial charge in [-0.3, -0.25) is 43.2 Å². The largest absolute Gasteiger partial charge is 0.496 e. The van der Waals surface area contributed by atoms with E-state index < -0.39 is 83.3 Å². The second-order valence-corrected chi connectivity index (χ2v) is 21.3. The van der Waals surface area contributed by atoms with E-state index in [1.807, 2.05) is 0 Å². The van der Waals surface area contributed by atoms with Crippen LogP contribution in [0.1, 0.15) is 139 Å². The fourth-order valence-electron chi connectivity index (χ4n) is 9.66. The second kappa shape index (κ2) is 37.9. The standard InChI is InChI=1S/C65H85N13O15/c1-89-52-26-22-40(34-44(52)56(70)79)71-62(85)49(15-7-11-31-67)76-58(81)46-36-42(24-28-54(46)91-3)73-64(87)51(17-9-13-33-69)78-60(83)47-37-43(25-29-55(47)92-4)74-63(86)50(16-8-12-32-68)77-59(82)45-35-41(23-27-53(45)90-2)72-61(84)48(14-6-10-30-66)75-57(80)38-18-20-39(21-19-38)65(88)93-5/h18-29,34-37,48-51H,6-17,30-33,66-69H2,1-5H3,(H2,70,79)(H,71,85)(H,72,84)(H,73,87)(H,74,86)(H,75,80)(H,76,81)(H,77,82)(H,78,83)/t48-,49-,50-,51-/m0/s1. The smallest absolute Gasteiger partial charge is 0.337 e. The number of benzene rings is 5. The van der Waals surface area contributed by atoms with E-state index in [2.05, 4.69) is 42.5 Å². The molecule has 5 rings (SSSR count). The van der Waals surface area contributed by atoms with Crippen LogP contribution in [-0.4, -0.2) is 145 Å². The molecule has 0 bridgehead atoms. The zero-order chi connectivity index (χ0) is 68.0. The van der Waals surface area contributed by atoms with Crippen molar-refractivity contribution in [3.8, 4) is 23.0 Å². The van der Waals surface area contributed by atoms with Gasteiger partial charge in [-0.25, -0.2) is 4.79 Å². The minimum atomic E-state index is -1.20. The van der Waals surface area contributed by atoms with Gasteiger partial charge in [0.05, 0.1) is 63.4 Å². The van der Waals surface area contributed by atoms with Gasteiger partial charge in [0.1, 0.15) is 47.2 Å². The topological polar surface area (TPSA) is 443 Å². The van der Waals surface area contributed by atoms with E-state index >= 15 is 0 Å². The number of nitrogens with one attached hydrogen (secondary N) is 8. The van der Waals surface area contributed by atoms with Crippen LogP contribution < -0.4 is 90.2 Å². The number of rotatable bonds is 38. The molecule has 28 nitrogen and oxygen atoms in total. The molecule has 9 amide bonds. The molecule has 0 aliphatic carbocycles. The lowest BCUT2D eigenvalue weighted by molar-refractivity contribution is -0.118. The third-order valence-electron chi connectivity index (χ3n) is 14.7. The fraction of sp³-hybridized carbons (Fsp3) is 0.385. The molecule has 0 radical (unpaired) electrons. The van der Waals surface area contributed by atoms with Crippen LogP contribution in [0.15, 0.2) is 97.1 Å². The number of hydrogen-bond acceptors (Lipinski definition) is 19. The summed E-state index contributed by atoms with van der Waals surface area (Å²) in [6.45, 7) is 1.27. The summed E-state index contributed by atoms with van der Waals surface area (Å²) >= 11 is 0. The number of primary amides is 1. The average molecular weight is 1290 g/mol. The Hall–Kier alpha value is -10.2. The molecule has 0 aliphatic heterocycles. The number of nitrogens with two attached hydrogens (primary N) is 5. The zero-order valence-electron chi connectivity index (χ0n) is 52.9. The molecule has 93 heavy (non-hydrogen) atoms. The highest BCUT2D eigenvalue weighted by atomic mass is 16.5. The number of hydrogen-bond donors (Lipinski definition) is 13. The fourth-order valence-corrected chi connectivity index (χ4v) is 9.66. The van der Waals surface area contributed by atoms with Gasteiger partial charge in [-0.1, -0.05) is 0 Å². The molecule has 0 unspecified atom stereocenters. The van der Waals surface area contributed by atoms with Crippen LogP contribution in [0.4, 0.5) is 22.7 Å². The highest BCUT2D eigenvalue weighted by Crippen LogP contribution is 2.28. The van der Waals surface area contributed by atoms with Crippen molar-refractivity contribution in [3.63, 3.8) is 0 Å². The minimum absolute atomic E-state index is 0.0248. The van der Waals surface area contributed by atoms with Gasteiger partial charge in [0, 0.05) is 28.3 Å². The Bertz CT molecular complexity index is 3420. The Kier molecular flexibility index (Phi) is 30.0. The van der Waals surface area contributed by atoms with Gasteiger partial charge in [-0.15, -0.1) is 0 Å². The maximum Gasteiger partial charge on any atom is 0.337 e. The van der Waals surface area contributed by atoms with Crippen molar-refractivity contribution < 1.29 is 71.6 Å². The first-order valence-electron chi connectivity index (χ1n) is 30.2. The summed E-state index contributed by atoms with van der Waals surface area (Å²) in [5, 5.41) is 22.1. The van der Waals surface area contributed by atoms with Crippen LogP contribution in [0.3, 0.4) is 0 Å². The summed E-state index contributed by atoms with van der Waals surface area (Å²) in [7, 11) is 6.61. The SMILES string of the molecule is COC(=O)c1ccc(C(=O)N[C@@H](CCCCN)C(=O)Nc2ccc(OC)c(C(=O)N[C@@H](CCCCN)C(=O)Nc3ccc(OC)c(C(=O)N[C@@H](CCCCN)C(=O)Nc4ccc(OC)c(C(=O)N[C@@H](CCCCN)C(=O)Nc5ccc(OC)c(C(N)=O)c5)c4)c3)c2)cc1. The molecule has 5 aromatic carbocycles. The molecule has 0 aromatic heterocycles. The normalized spacial score (nSPS) is 12.1. The van der Waals surface area contributed by atoms with Gasteiger partial charge in [0.2, 0.25) is 23.6 Å². The quantitative estimate of drug-likeness (QED) is 0.0196. The minimum Gasteiger partial charge on any atom is -0.496 e. The first-order chi connectivity index (χ1) is 44.8. The van der Waals surface area contributed by atoms with Crippen molar-refractivity contribution in [1.29, 1.82) is 0 Å². The van der Waals surface area contributed by atoms with Crippen LogP contribution in [0, 0.1) is 0 Å². The van der Waals surface area contributed by atoms with E-state index in [-0.39, 0.29) is 105 Å².